The van der Waals surface area contributed by atoms with Gasteiger partial charge in [0.15, 0.2) is 0 Å². The molecule has 0 N–H and O–H groups in total. The number of nitrogens with zero attached hydrogens (tertiary/aromatic N) is 3. The number of rotatable bonds is 6. The molecule has 5 aromatic carbocycles. The molecule has 0 radical (unpaired) electrons. The number of benzene rings is 5. The van der Waals surface area contributed by atoms with Crippen molar-refractivity contribution in [3.05, 3.63) is 164 Å². The van der Waals surface area contributed by atoms with Gasteiger partial charge in [0.2, 0.25) is 0 Å². The monoisotopic (exact) mass is 663 g/mol. The van der Waals surface area contributed by atoms with Crippen LogP contribution in [0.25, 0.3) is 0 Å². The molecule has 0 saturated heterocycles. The SMILES string of the molecule is CN1C=CN(c2cccc(P3c4cccc[c]4[Ge]([c]4ccccc4)([c]4ccccc4)[c]4ccc(Oc5ccccn5)cc43)c2)C1. The van der Waals surface area contributed by atoms with E-state index < -0.39 is 21.2 Å². The minimum atomic E-state index is -3.46. The fraction of sp³-hybridized carbons (Fsp3) is 0.0513. The Bertz CT molecular complexity index is 1960. The normalized spacial score (nSPS) is 16.2. The maximum absolute atomic E-state index is 6.41. The van der Waals surface area contributed by atoms with Crippen molar-refractivity contribution < 1.29 is 4.74 Å². The summed E-state index contributed by atoms with van der Waals surface area (Å²) in [5.74, 6) is 1.42. The molecule has 4 nitrogen and oxygen atoms in total. The Kier molecular flexibility index (Phi) is 7.25. The fourth-order valence-corrected chi connectivity index (χ4v) is 22.6. The molecule has 0 bridgehead atoms. The van der Waals surface area contributed by atoms with Crippen LogP contribution in [0.2, 0.25) is 0 Å². The van der Waals surface area contributed by atoms with Crippen molar-refractivity contribution in [1.82, 2.24) is 9.88 Å². The zero-order valence-electron chi connectivity index (χ0n) is 25.0. The molecule has 0 amide bonds. The fourth-order valence-electron chi connectivity index (χ4n) is 6.82. The quantitative estimate of drug-likeness (QED) is 0.194. The van der Waals surface area contributed by atoms with Crippen LogP contribution < -0.4 is 43.1 Å². The maximum atomic E-state index is 6.41. The zero-order chi connectivity index (χ0) is 30.2. The molecule has 8 rings (SSSR count). The molecule has 1 atom stereocenters. The molecule has 1 unspecified atom stereocenters. The molecule has 0 fully saturated rings. The molecule has 1 aromatic heterocycles. The Morgan fingerprint density at radius 1 is 0.644 bits per heavy atom. The Morgan fingerprint density at radius 2 is 1.36 bits per heavy atom. The van der Waals surface area contributed by atoms with Gasteiger partial charge in [-0.15, -0.1) is 0 Å². The van der Waals surface area contributed by atoms with Crippen LogP contribution in [-0.4, -0.2) is 36.9 Å². The van der Waals surface area contributed by atoms with Crippen LogP contribution >= 0.6 is 7.92 Å². The molecular formula is C39H32GeN3OP. The third-order valence-electron chi connectivity index (χ3n) is 8.73. The van der Waals surface area contributed by atoms with E-state index in [4.69, 9.17) is 4.74 Å². The van der Waals surface area contributed by atoms with Gasteiger partial charge in [-0.1, -0.05) is 0 Å². The summed E-state index contributed by atoms with van der Waals surface area (Å²) in [7, 11) is 1.22. The molecule has 0 aliphatic carbocycles. The van der Waals surface area contributed by atoms with Crippen molar-refractivity contribution in [2.75, 3.05) is 18.6 Å². The second-order valence-corrected chi connectivity index (χ2v) is 21.5. The number of pyridine rings is 1. The van der Waals surface area contributed by atoms with Gasteiger partial charge in [-0.25, -0.2) is 0 Å². The first-order valence-electron chi connectivity index (χ1n) is 15.2. The van der Waals surface area contributed by atoms with Gasteiger partial charge < -0.3 is 0 Å². The molecule has 6 aromatic rings. The average Bonchev–Trinajstić information content (AvgIpc) is 3.54. The summed E-state index contributed by atoms with van der Waals surface area (Å²) < 4.78 is 12.3. The van der Waals surface area contributed by atoms with E-state index >= 15 is 0 Å². The van der Waals surface area contributed by atoms with Gasteiger partial charge in [0.25, 0.3) is 0 Å². The standard InChI is InChI=1S/C39H32GeN3OP/c1-42-25-26-43(29-42)32-17-12-18-34(27-32)45-37-20-9-8-19-35(37)40(30-13-4-2-5-14-30,31-15-6-3-7-16-31)36-23-22-33(28-38(36)45)44-39-21-10-11-24-41-39/h2-28H,29H2,1H3. The van der Waals surface area contributed by atoms with Crippen molar-refractivity contribution in [2.24, 2.45) is 0 Å². The summed E-state index contributed by atoms with van der Waals surface area (Å²) in [6.45, 7) is 0.844. The zero-order valence-corrected chi connectivity index (χ0v) is 28.0. The Balaban J connectivity index is 1.41. The van der Waals surface area contributed by atoms with Crippen LogP contribution in [0.3, 0.4) is 0 Å². The first-order valence-corrected chi connectivity index (χ1v) is 20.7. The number of ether oxygens (including phenoxy) is 1. The molecule has 0 saturated carbocycles. The van der Waals surface area contributed by atoms with E-state index in [1.165, 1.54) is 39.2 Å². The third-order valence-corrected chi connectivity index (χ3v) is 22.4. The molecule has 2 aliphatic rings. The van der Waals surface area contributed by atoms with Gasteiger partial charge >= 0.3 is 269 Å². The first-order chi connectivity index (χ1) is 22.2. The van der Waals surface area contributed by atoms with E-state index in [-0.39, 0.29) is 0 Å². The number of hydrogen-bond donors (Lipinski definition) is 0. The van der Waals surface area contributed by atoms with Gasteiger partial charge in [-0.3, -0.25) is 0 Å². The van der Waals surface area contributed by atoms with Crippen molar-refractivity contribution in [2.45, 2.75) is 0 Å². The Hall–Kier alpha value is -4.64. The van der Waals surface area contributed by atoms with Crippen molar-refractivity contribution in [1.29, 1.82) is 0 Å². The first kappa shape index (κ1) is 27.9. The minimum absolute atomic E-state index is 0.601. The predicted molar refractivity (Wildman–Crippen MR) is 191 cm³/mol. The van der Waals surface area contributed by atoms with E-state index in [9.17, 15) is 0 Å². The van der Waals surface area contributed by atoms with E-state index in [1.807, 2.05) is 18.2 Å². The second kappa shape index (κ2) is 11.7. The topological polar surface area (TPSA) is 28.6 Å². The van der Waals surface area contributed by atoms with E-state index in [1.54, 1.807) is 6.20 Å². The number of anilines is 1. The van der Waals surface area contributed by atoms with Gasteiger partial charge in [0.05, 0.1) is 0 Å². The molecular weight excluding hydrogens is 630 g/mol. The van der Waals surface area contributed by atoms with Gasteiger partial charge in [0.1, 0.15) is 0 Å². The van der Waals surface area contributed by atoms with Crippen molar-refractivity contribution >= 4 is 60.4 Å². The van der Waals surface area contributed by atoms with Crippen LogP contribution in [0, 0.1) is 0 Å². The summed E-state index contributed by atoms with van der Waals surface area (Å²) in [4.78, 5) is 8.98. The average molecular weight is 662 g/mol. The number of hydrogen-bond acceptors (Lipinski definition) is 4. The molecule has 45 heavy (non-hydrogen) atoms. The molecule has 3 heterocycles. The molecule has 0 spiro atoms. The van der Waals surface area contributed by atoms with Crippen LogP contribution in [0.1, 0.15) is 0 Å². The van der Waals surface area contributed by atoms with Crippen LogP contribution in [0.4, 0.5) is 5.69 Å². The van der Waals surface area contributed by atoms with Crippen LogP contribution in [0.5, 0.6) is 11.6 Å². The molecule has 6 heteroatoms. The number of aromatic nitrogens is 1. The summed E-state index contributed by atoms with van der Waals surface area (Å²) in [6.07, 6.45) is 6.07. The summed E-state index contributed by atoms with van der Waals surface area (Å²) in [5.41, 5.74) is 1.21. The van der Waals surface area contributed by atoms with Crippen LogP contribution in [-0.2, 0) is 0 Å². The van der Waals surface area contributed by atoms with Crippen molar-refractivity contribution in [3.8, 4) is 11.6 Å². The number of fused-ring (bicyclic) bond motifs is 2. The summed E-state index contributed by atoms with van der Waals surface area (Å²) in [5, 5.41) is 4.15. The summed E-state index contributed by atoms with van der Waals surface area (Å²) >= 11 is -3.46. The third kappa shape index (κ3) is 4.86. The Morgan fingerprint density at radius 3 is 2.07 bits per heavy atom. The summed E-state index contributed by atoms with van der Waals surface area (Å²) in [6, 6.07) is 53.6. The van der Waals surface area contributed by atoms with E-state index in [2.05, 4.69) is 162 Å². The van der Waals surface area contributed by atoms with Crippen molar-refractivity contribution in [3.63, 3.8) is 0 Å². The van der Waals surface area contributed by atoms with E-state index in [0.29, 0.717) is 5.88 Å². The van der Waals surface area contributed by atoms with Gasteiger partial charge in [0, 0.05) is 0 Å². The predicted octanol–water partition coefficient (Wildman–Crippen LogP) is 4.50. The van der Waals surface area contributed by atoms with E-state index in [0.717, 1.165) is 12.4 Å². The second-order valence-electron chi connectivity index (χ2n) is 11.5. The molecule has 218 valence electrons. The van der Waals surface area contributed by atoms with Gasteiger partial charge in [-0.05, 0) is 0 Å². The van der Waals surface area contributed by atoms with Gasteiger partial charge in [-0.2, -0.15) is 0 Å². The Labute approximate surface area is 268 Å². The van der Waals surface area contributed by atoms with Crippen LogP contribution in [0.15, 0.2) is 164 Å². The molecule has 2 aliphatic heterocycles.